The number of hydrogen-bond acceptors (Lipinski definition) is 6. The summed E-state index contributed by atoms with van der Waals surface area (Å²) in [7, 11) is 0. The van der Waals surface area contributed by atoms with Gasteiger partial charge in [-0.3, -0.25) is 0 Å². The Kier molecular flexibility index (Phi) is 4.24. The minimum atomic E-state index is 0.470. The van der Waals surface area contributed by atoms with Crippen molar-refractivity contribution in [2.45, 2.75) is 19.0 Å². The molecule has 0 aliphatic heterocycles. The Morgan fingerprint density at radius 2 is 1.79 bits per heavy atom. The lowest BCUT2D eigenvalue weighted by Gasteiger charge is -2.09. The lowest BCUT2D eigenvalue weighted by Crippen LogP contribution is -2.09. The zero-order chi connectivity index (χ0) is 13.8. The number of aryl methyl sites for hydroxylation is 2. The standard InChI is InChI=1S/C13H16N4OS/c1-8-4-9(2)6-10(5-8)18-12-7-11(17-14)15-13(16-12)19-3/h4-7H,14H2,1-3H3,(H,15,16,17). The van der Waals surface area contributed by atoms with Crippen molar-refractivity contribution in [1.29, 1.82) is 0 Å². The molecule has 0 saturated heterocycles. The van der Waals surface area contributed by atoms with Crippen LogP contribution in [0.15, 0.2) is 29.4 Å². The monoisotopic (exact) mass is 276 g/mol. The number of ether oxygens (including phenoxy) is 1. The van der Waals surface area contributed by atoms with Crippen molar-refractivity contribution in [1.82, 2.24) is 9.97 Å². The van der Waals surface area contributed by atoms with Gasteiger partial charge >= 0.3 is 0 Å². The number of thioether (sulfide) groups is 1. The highest BCUT2D eigenvalue weighted by atomic mass is 32.2. The molecule has 1 heterocycles. The van der Waals surface area contributed by atoms with Gasteiger partial charge < -0.3 is 10.2 Å². The summed E-state index contributed by atoms with van der Waals surface area (Å²) in [5.74, 6) is 7.13. The van der Waals surface area contributed by atoms with Crippen molar-refractivity contribution in [2.75, 3.05) is 11.7 Å². The predicted octanol–water partition coefficient (Wildman–Crippen LogP) is 2.89. The molecule has 2 rings (SSSR count). The summed E-state index contributed by atoms with van der Waals surface area (Å²) in [6, 6.07) is 7.68. The zero-order valence-electron chi connectivity index (χ0n) is 11.1. The Balaban J connectivity index is 2.31. The first-order valence-corrected chi connectivity index (χ1v) is 6.99. The van der Waals surface area contributed by atoms with Crippen LogP contribution in [0.25, 0.3) is 0 Å². The number of benzene rings is 1. The number of anilines is 1. The molecular weight excluding hydrogens is 260 g/mol. The average molecular weight is 276 g/mol. The maximum atomic E-state index is 5.76. The lowest BCUT2D eigenvalue weighted by atomic mass is 10.1. The number of aromatic nitrogens is 2. The van der Waals surface area contributed by atoms with Gasteiger partial charge in [0.15, 0.2) is 5.16 Å². The molecule has 19 heavy (non-hydrogen) atoms. The third-order valence-corrected chi connectivity index (χ3v) is 2.98. The highest BCUT2D eigenvalue weighted by Crippen LogP contribution is 2.25. The third-order valence-electron chi connectivity index (χ3n) is 2.43. The first kappa shape index (κ1) is 13.6. The first-order chi connectivity index (χ1) is 9.10. The fourth-order valence-corrected chi connectivity index (χ4v) is 2.10. The molecule has 3 N–H and O–H groups in total. The summed E-state index contributed by atoms with van der Waals surface area (Å²) in [5.41, 5.74) is 4.80. The van der Waals surface area contributed by atoms with Gasteiger partial charge in [0.05, 0.1) is 0 Å². The molecule has 0 aliphatic carbocycles. The molecule has 100 valence electrons. The lowest BCUT2D eigenvalue weighted by molar-refractivity contribution is 0.455. The summed E-state index contributed by atoms with van der Waals surface area (Å²) >= 11 is 1.43. The molecule has 0 amide bonds. The van der Waals surface area contributed by atoms with Crippen molar-refractivity contribution >= 4 is 17.6 Å². The highest BCUT2D eigenvalue weighted by molar-refractivity contribution is 7.98. The van der Waals surface area contributed by atoms with E-state index in [1.807, 2.05) is 32.2 Å². The van der Waals surface area contributed by atoms with E-state index in [-0.39, 0.29) is 0 Å². The summed E-state index contributed by atoms with van der Waals surface area (Å²) in [4.78, 5) is 8.47. The Hall–Kier alpha value is -1.79. The van der Waals surface area contributed by atoms with Gasteiger partial charge in [-0.25, -0.2) is 10.8 Å². The number of nitrogens with two attached hydrogens (primary N) is 1. The van der Waals surface area contributed by atoms with E-state index in [0.29, 0.717) is 16.9 Å². The Bertz CT molecular complexity index is 546. The van der Waals surface area contributed by atoms with Gasteiger partial charge in [0, 0.05) is 6.07 Å². The van der Waals surface area contributed by atoms with Crippen LogP contribution >= 0.6 is 11.8 Å². The predicted molar refractivity (Wildman–Crippen MR) is 77.6 cm³/mol. The Morgan fingerprint density at radius 3 is 2.37 bits per heavy atom. The molecule has 0 bridgehead atoms. The molecule has 1 aromatic heterocycles. The van der Waals surface area contributed by atoms with Gasteiger partial charge in [0.2, 0.25) is 5.88 Å². The van der Waals surface area contributed by atoms with Gasteiger partial charge in [0.1, 0.15) is 11.6 Å². The van der Waals surface area contributed by atoms with E-state index < -0.39 is 0 Å². The second kappa shape index (κ2) is 5.90. The minimum Gasteiger partial charge on any atom is -0.439 e. The van der Waals surface area contributed by atoms with Crippen LogP contribution in [0, 0.1) is 13.8 Å². The molecule has 0 unspecified atom stereocenters. The number of hydrogen-bond donors (Lipinski definition) is 2. The second-order valence-corrected chi connectivity index (χ2v) is 4.92. The van der Waals surface area contributed by atoms with Crippen LogP contribution in [0.2, 0.25) is 0 Å². The maximum absolute atomic E-state index is 5.76. The van der Waals surface area contributed by atoms with Crippen LogP contribution < -0.4 is 16.0 Å². The fourth-order valence-electron chi connectivity index (χ4n) is 1.73. The number of nitrogens with one attached hydrogen (secondary N) is 1. The molecule has 0 aliphatic rings. The van der Waals surface area contributed by atoms with Crippen molar-refractivity contribution in [2.24, 2.45) is 5.84 Å². The molecule has 1 aromatic carbocycles. The Labute approximate surface area is 116 Å². The average Bonchev–Trinajstić information content (AvgIpc) is 2.37. The molecular formula is C13H16N4OS. The normalized spacial score (nSPS) is 10.3. The maximum Gasteiger partial charge on any atom is 0.225 e. The summed E-state index contributed by atoms with van der Waals surface area (Å²) < 4.78 is 5.76. The van der Waals surface area contributed by atoms with Crippen molar-refractivity contribution in [3.05, 3.63) is 35.4 Å². The number of hydrazine groups is 1. The van der Waals surface area contributed by atoms with Crippen LogP contribution in [0.4, 0.5) is 5.82 Å². The summed E-state index contributed by atoms with van der Waals surface area (Å²) in [5, 5.41) is 0.606. The highest BCUT2D eigenvalue weighted by Gasteiger charge is 2.06. The molecule has 6 heteroatoms. The zero-order valence-corrected chi connectivity index (χ0v) is 11.9. The Morgan fingerprint density at radius 1 is 1.11 bits per heavy atom. The molecule has 5 nitrogen and oxygen atoms in total. The largest absolute Gasteiger partial charge is 0.439 e. The first-order valence-electron chi connectivity index (χ1n) is 5.76. The van der Waals surface area contributed by atoms with Crippen LogP contribution in [0.1, 0.15) is 11.1 Å². The molecule has 2 aromatic rings. The minimum absolute atomic E-state index is 0.470. The van der Waals surface area contributed by atoms with Crippen LogP contribution in [0.3, 0.4) is 0 Å². The third kappa shape index (κ3) is 3.59. The molecule has 0 atom stereocenters. The molecule has 0 fully saturated rings. The summed E-state index contributed by atoms with van der Waals surface area (Å²) in [6.45, 7) is 4.06. The summed E-state index contributed by atoms with van der Waals surface area (Å²) in [6.07, 6.45) is 1.90. The van der Waals surface area contributed by atoms with Crippen LogP contribution in [-0.4, -0.2) is 16.2 Å². The van der Waals surface area contributed by atoms with Crippen molar-refractivity contribution in [3.63, 3.8) is 0 Å². The van der Waals surface area contributed by atoms with E-state index >= 15 is 0 Å². The van der Waals surface area contributed by atoms with Crippen molar-refractivity contribution in [3.8, 4) is 11.6 Å². The van der Waals surface area contributed by atoms with Gasteiger partial charge in [-0.05, 0) is 43.4 Å². The molecule has 0 radical (unpaired) electrons. The second-order valence-electron chi connectivity index (χ2n) is 4.15. The van der Waals surface area contributed by atoms with Gasteiger partial charge in [0.25, 0.3) is 0 Å². The van der Waals surface area contributed by atoms with E-state index in [1.165, 1.54) is 11.8 Å². The van der Waals surface area contributed by atoms with E-state index in [4.69, 9.17) is 10.6 Å². The number of nitrogen functional groups attached to an aromatic ring is 1. The smallest absolute Gasteiger partial charge is 0.225 e. The van der Waals surface area contributed by atoms with E-state index in [1.54, 1.807) is 6.07 Å². The van der Waals surface area contributed by atoms with Gasteiger partial charge in [-0.2, -0.15) is 4.98 Å². The number of nitrogens with zero attached hydrogens (tertiary/aromatic N) is 2. The van der Waals surface area contributed by atoms with E-state index in [9.17, 15) is 0 Å². The number of rotatable bonds is 4. The van der Waals surface area contributed by atoms with Gasteiger partial charge in [-0.15, -0.1) is 0 Å². The topological polar surface area (TPSA) is 73.1 Å². The van der Waals surface area contributed by atoms with Gasteiger partial charge in [-0.1, -0.05) is 17.8 Å². The van der Waals surface area contributed by atoms with E-state index in [0.717, 1.165) is 16.9 Å². The fraction of sp³-hybridized carbons (Fsp3) is 0.231. The van der Waals surface area contributed by atoms with E-state index in [2.05, 4.69) is 21.5 Å². The van der Waals surface area contributed by atoms with Crippen LogP contribution in [0.5, 0.6) is 11.6 Å². The molecule has 0 spiro atoms. The van der Waals surface area contributed by atoms with Crippen LogP contribution in [-0.2, 0) is 0 Å². The molecule has 0 saturated carbocycles. The van der Waals surface area contributed by atoms with Crippen molar-refractivity contribution < 1.29 is 4.74 Å². The SMILES string of the molecule is CSc1nc(NN)cc(Oc2cc(C)cc(C)c2)n1. The quantitative estimate of drug-likeness (QED) is 0.387.